The fourth-order valence-electron chi connectivity index (χ4n) is 2.55. The molecule has 20 heavy (non-hydrogen) atoms. The molecule has 1 aromatic rings. The van der Waals surface area contributed by atoms with E-state index in [0.717, 1.165) is 31.9 Å². The maximum atomic E-state index is 5.68. The van der Waals surface area contributed by atoms with Crippen molar-refractivity contribution in [3.8, 4) is 0 Å². The molecule has 0 radical (unpaired) electrons. The molecule has 3 atom stereocenters. The van der Waals surface area contributed by atoms with Crippen LogP contribution in [0.4, 0.5) is 0 Å². The molecule has 3 unspecified atom stereocenters. The average molecular weight is 315 g/mol. The third-order valence-electron chi connectivity index (χ3n) is 3.60. The number of thioether (sulfide) groups is 2. The number of nitrogens with zero attached hydrogens (tertiary/aromatic N) is 2. The van der Waals surface area contributed by atoms with Crippen molar-refractivity contribution in [1.82, 2.24) is 15.5 Å². The maximum Gasteiger partial charge on any atom is 0.229 e. The molecule has 0 amide bonds. The number of rotatable bonds is 4. The van der Waals surface area contributed by atoms with Crippen molar-refractivity contribution in [2.45, 2.75) is 36.4 Å². The van der Waals surface area contributed by atoms with E-state index in [1.807, 2.05) is 23.5 Å². The summed E-state index contributed by atoms with van der Waals surface area (Å²) in [4.78, 5) is 4.61. The fraction of sp³-hybridized carbons (Fsp3) is 0.846. The summed E-state index contributed by atoms with van der Waals surface area (Å²) in [5.74, 6) is 3.98. The van der Waals surface area contributed by atoms with Gasteiger partial charge in [0.05, 0.1) is 24.4 Å². The van der Waals surface area contributed by atoms with Gasteiger partial charge in [0.15, 0.2) is 5.82 Å². The normalized spacial score (nSPS) is 31.4. The molecule has 112 valence electrons. The summed E-state index contributed by atoms with van der Waals surface area (Å²) < 4.78 is 11.1. The predicted molar refractivity (Wildman–Crippen MR) is 82.3 cm³/mol. The lowest BCUT2D eigenvalue weighted by Crippen LogP contribution is -2.39. The van der Waals surface area contributed by atoms with E-state index in [1.165, 1.54) is 11.5 Å². The van der Waals surface area contributed by atoms with Gasteiger partial charge in [-0.1, -0.05) is 12.1 Å². The van der Waals surface area contributed by atoms with Crippen LogP contribution in [0.3, 0.4) is 0 Å². The van der Waals surface area contributed by atoms with Crippen molar-refractivity contribution in [2.24, 2.45) is 0 Å². The number of nitrogens with one attached hydrogen (secondary N) is 1. The molecule has 5 nitrogen and oxygen atoms in total. The predicted octanol–water partition coefficient (Wildman–Crippen LogP) is 1.90. The van der Waals surface area contributed by atoms with Crippen molar-refractivity contribution in [3.05, 3.63) is 11.7 Å². The van der Waals surface area contributed by atoms with Gasteiger partial charge in [0, 0.05) is 29.8 Å². The summed E-state index contributed by atoms with van der Waals surface area (Å²) in [6.07, 6.45) is 2.02. The third-order valence-corrected chi connectivity index (χ3v) is 6.84. The van der Waals surface area contributed by atoms with Gasteiger partial charge in [-0.3, -0.25) is 0 Å². The highest BCUT2D eigenvalue weighted by molar-refractivity contribution is 8.06. The number of hydrogen-bond acceptors (Lipinski definition) is 7. The Hall–Kier alpha value is -0.240. The van der Waals surface area contributed by atoms with Crippen LogP contribution in [0.25, 0.3) is 0 Å². The Morgan fingerprint density at radius 1 is 1.35 bits per heavy atom. The molecule has 2 saturated heterocycles. The topological polar surface area (TPSA) is 60.2 Å². The molecule has 3 rings (SSSR count). The second-order valence-corrected chi connectivity index (χ2v) is 7.65. The SMILES string of the molecule is CCC1SCCSC1c1noc(CC2CNCCO2)n1. The summed E-state index contributed by atoms with van der Waals surface area (Å²) >= 11 is 3.99. The summed E-state index contributed by atoms with van der Waals surface area (Å²) in [6, 6.07) is 0. The molecule has 7 heteroatoms. The van der Waals surface area contributed by atoms with Crippen LogP contribution < -0.4 is 5.32 Å². The molecule has 1 aromatic heterocycles. The minimum absolute atomic E-state index is 0.160. The minimum Gasteiger partial charge on any atom is -0.375 e. The zero-order valence-corrected chi connectivity index (χ0v) is 13.3. The van der Waals surface area contributed by atoms with Crippen molar-refractivity contribution in [2.75, 3.05) is 31.2 Å². The monoisotopic (exact) mass is 315 g/mol. The van der Waals surface area contributed by atoms with E-state index < -0.39 is 0 Å². The Morgan fingerprint density at radius 3 is 3.05 bits per heavy atom. The summed E-state index contributed by atoms with van der Waals surface area (Å²) in [5.41, 5.74) is 0. The van der Waals surface area contributed by atoms with Gasteiger partial charge >= 0.3 is 0 Å². The largest absolute Gasteiger partial charge is 0.375 e. The molecule has 0 bridgehead atoms. The lowest BCUT2D eigenvalue weighted by molar-refractivity contribution is 0.0246. The van der Waals surface area contributed by atoms with Gasteiger partial charge in [-0.15, -0.1) is 11.8 Å². The first-order valence-corrected chi connectivity index (χ1v) is 9.34. The number of hydrogen-bond donors (Lipinski definition) is 1. The van der Waals surface area contributed by atoms with E-state index in [-0.39, 0.29) is 6.10 Å². The van der Waals surface area contributed by atoms with Gasteiger partial charge in [0.25, 0.3) is 0 Å². The van der Waals surface area contributed by atoms with Gasteiger partial charge in [0.2, 0.25) is 5.89 Å². The Balaban J connectivity index is 1.63. The first-order chi connectivity index (χ1) is 9.86. The second-order valence-electron chi connectivity index (χ2n) is 5.06. The van der Waals surface area contributed by atoms with Crippen molar-refractivity contribution < 1.29 is 9.26 Å². The smallest absolute Gasteiger partial charge is 0.229 e. The highest BCUT2D eigenvalue weighted by atomic mass is 32.2. The number of aromatic nitrogens is 2. The lowest BCUT2D eigenvalue weighted by Gasteiger charge is -2.27. The van der Waals surface area contributed by atoms with Gasteiger partial charge in [-0.2, -0.15) is 16.7 Å². The van der Waals surface area contributed by atoms with Gasteiger partial charge < -0.3 is 14.6 Å². The highest BCUT2D eigenvalue weighted by Crippen LogP contribution is 2.42. The average Bonchev–Trinajstić information content (AvgIpc) is 2.96. The summed E-state index contributed by atoms with van der Waals surface area (Å²) in [6.45, 7) is 4.79. The Labute approximate surface area is 128 Å². The second kappa shape index (κ2) is 7.15. The van der Waals surface area contributed by atoms with E-state index >= 15 is 0 Å². The quantitative estimate of drug-likeness (QED) is 0.910. The molecule has 0 saturated carbocycles. The van der Waals surface area contributed by atoms with Crippen LogP contribution in [0.15, 0.2) is 4.52 Å². The number of morpholine rings is 1. The molecular weight excluding hydrogens is 294 g/mol. The zero-order chi connectivity index (χ0) is 13.8. The van der Waals surface area contributed by atoms with Crippen LogP contribution in [-0.4, -0.2) is 52.7 Å². The number of ether oxygens (including phenoxy) is 1. The van der Waals surface area contributed by atoms with Crippen molar-refractivity contribution >= 4 is 23.5 Å². The molecule has 2 aliphatic heterocycles. The Morgan fingerprint density at radius 2 is 2.25 bits per heavy atom. The van der Waals surface area contributed by atoms with E-state index in [0.29, 0.717) is 22.8 Å². The van der Waals surface area contributed by atoms with E-state index in [2.05, 4.69) is 22.4 Å². The maximum absolute atomic E-state index is 5.68. The summed E-state index contributed by atoms with van der Waals surface area (Å²) in [5, 5.41) is 8.51. The molecule has 0 aliphatic carbocycles. The van der Waals surface area contributed by atoms with E-state index in [9.17, 15) is 0 Å². The van der Waals surface area contributed by atoms with Crippen molar-refractivity contribution in [1.29, 1.82) is 0 Å². The molecule has 1 N–H and O–H groups in total. The molecule has 3 heterocycles. The minimum atomic E-state index is 0.160. The van der Waals surface area contributed by atoms with Crippen LogP contribution in [0.2, 0.25) is 0 Å². The van der Waals surface area contributed by atoms with Crippen molar-refractivity contribution in [3.63, 3.8) is 0 Å². The van der Waals surface area contributed by atoms with E-state index in [4.69, 9.17) is 9.26 Å². The van der Waals surface area contributed by atoms with E-state index in [1.54, 1.807) is 0 Å². The first kappa shape index (κ1) is 14.7. The molecule has 2 aliphatic rings. The first-order valence-electron chi connectivity index (χ1n) is 7.25. The zero-order valence-electron chi connectivity index (χ0n) is 11.7. The molecule has 0 spiro atoms. The van der Waals surface area contributed by atoms with Crippen LogP contribution in [0.5, 0.6) is 0 Å². The van der Waals surface area contributed by atoms with Crippen LogP contribution in [0.1, 0.15) is 30.3 Å². The Bertz CT molecular complexity index is 424. The van der Waals surface area contributed by atoms with Crippen LogP contribution in [0, 0.1) is 0 Å². The standard InChI is InChI=1S/C13H21N3O2S2/c1-2-10-12(20-6-5-19-10)13-15-11(18-16-13)7-9-8-14-3-4-17-9/h9-10,12,14H,2-8H2,1H3. The Kier molecular flexibility index (Phi) is 5.25. The lowest BCUT2D eigenvalue weighted by atomic mass is 10.2. The van der Waals surface area contributed by atoms with Crippen LogP contribution >= 0.6 is 23.5 Å². The molecular formula is C13H21N3O2S2. The third kappa shape index (κ3) is 3.50. The van der Waals surface area contributed by atoms with Gasteiger partial charge in [-0.25, -0.2) is 0 Å². The highest BCUT2D eigenvalue weighted by Gasteiger charge is 2.30. The van der Waals surface area contributed by atoms with Gasteiger partial charge in [-0.05, 0) is 6.42 Å². The van der Waals surface area contributed by atoms with Crippen LogP contribution in [-0.2, 0) is 11.2 Å². The fourth-order valence-corrected chi connectivity index (χ4v) is 5.54. The molecule has 0 aromatic carbocycles. The van der Waals surface area contributed by atoms with Gasteiger partial charge in [0.1, 0.15) is 0 Å². The summed E-state index contributed by atoms with van der Waals surface area (Å²) in [7, 11) is 0. The molecule has 2 fully saturated rings.